The minimum atomic E-state index is 0.734. The molecule has 0 N–H and O–H groups in total. The van der Waals surface area contributed by atoms with Crippen LogP contribution in [-0.2, 0) is 0 Å². The molecule has 11 heavy (non-hydrogen) atoms. The Morgan fingerprint density at radius 2 is 2.36 bits per heavy atom. The molecule has 0 radical (unpaired) electrons. The lowest BCUT2D eigenvalue weighted by Gasteiger charge is -2.23. The Bertz CT molecular complexity index is 182. The first-order valence-electron chi connectivity index (χ1n) is 3.96. The average Bonchev–Trinajstić information content (AvgIpc) is 1.85. The van der Waals surface area contributed by atoms with E-state index in [1.165, 1.54) is 4.48 Å². The van der Waals surface area contributed by atoms with E-state index in [0.717, 1.165) is 19.0 Å². The van der Waals surface area contributed by atoms with Gasteiger partial charge in [-0.2, -0.15) is 0 Å². The van der Waals surface area contributed by atoms with Gasteiger partial charge in [0.25, 0.3) is 0 Å². The number of halogens is 1. The highest BCUT2D eigenvalue weighted by Gasteiger charge is 2.04. The standard InChI is InChI=1S/C9H14BrN/c1-8(2)6-11-5-3-4-9(10)7-11/h3-4,7-8H,5-6H2,1-2H3. The third kappa shape index (κ3) is 3.10. The summed E-state index contributed by atoms with van der Waals surface area (Å²) in [5, 5.41) is 0. The van der Waals surface area contributed by atoms with Crippen molar-refractivity contribution in [2.45, 2.75) is 13.8 Å². The highest BCUT2D eigenvalue weighted by Crippen LogP contribution is 2.14. The van der Waals surface area contributed by atoms with Gasteiger partial charge in [0.15, 0.2) is 0 Å². The molecule has 0 saturated carbocycles. The highest BCUT2D eigenvalue weighted by atomic mass is 79.9. The summed E-state index contributed by atoms with van der Waals surface area (Å²) in [6.45, 7) is 6.66. The molecule has 0 saturated heterocycles. The van der Waals surface area contributed by atoms with E-state index in [2.05, 4.69) is 53.0 Å². The Balaban J connectivity index is 2.44. The molecular formula is C9H14BrN. The predicted octanol–water partition coefficient (Wildman–Crippen LogP) is 2.75. The normalized spacial score (nSPS) is 17.5. The maximum atomic E-state index is 3.45. The van der Waals surface area contributed by atoms with Crippen molar-refractivity contribution < 1.29 is 0 Å². The lowest BCUT2D eigenvalue weighted by Crippen LogP contribution is -2.24. The van der Waals surface area contributed by atoms with Crippen molar-refractivity contribution >= 4 is 15.9 Å². The molecule has 0 aliphatic carbocycles. The van der Waals surface area contributed by atoms with Gasteiger partial charge in [-0.1, -0.05) is 19.9 Å². The fourth-order valence-corrected chi connectivity index (χ4v) is 1.64. The van der Waals surface area contributed by atoms with Gasteiger partial charge in [0.1, 0.15) is 0 Å². The Morgan fingerprint density at radius 3 is 2.91 bits per heavy atom. The largest absolute Gasteiger partial charge is 0.372 e. The van der Waals surface area contributed by atoms with Crippen molar-refractivity contribution in [2.24, 2.45) is 5.92 Å². The van der Waals surface area contributed by atoms with Gasteiger partial charge in [0.2, 0.25) is 0 Å². The second-order valence-electron chi connectivity index (χ2n) is 3.26. The van der Waals surface area contributed by atoms with E-state index >= 15 is 0 Å². The molecule has 1 nitrogen and oxygen atoms in total. The quantitative estimate of drug-likeness (QED) is 0.686. The minimum absolute atomic E-state index is 0.734. The number of nitrogens with zero attached hydrogens (tertiary/aromatic N) is 1. The average molecular weight is 216 g/mol. The fourth-order valence-electron chi connectivity index (χ4n) is 1.17. The van der Waals surface area contributed by atoms with E-state index in [-0.39, 0.29) is 0 Å². The van der Waals surface area contributed by atoms with Crippen molar-refractivity contribution in [1.82, 2.24) is 4.90 Å². The molecule has 0 bridgehead atoms. The molecule has 0 spiro atoms. The zero-order valence-corrected chi connectivity index (χ0v) is 8.63. The van der Waals surface area contributed by atoms with E-state index in [1.54, 1.807) is 0 Å². The summed E-state index contributed by atoms with van der Waals surface area (Å²) >= 11 is 3.45. The van der Waals surface area contributed by atoms with Gasteiger partial charge in [-0.25, -0.2) is 0 Å². The summed E-state index contributed by atoms with van der Waals surface area (Å²) in [6.07, 6.45) is 6.42. The van der Waals surface area contributed by atoms with Crippen molar-refractivity contribution in [2.75, 3.05) is 13.1 Å². The SMILES string of the molecule is CC(C)CN1C=C(Br)C=CC1. The summed E-state index contributed by atoms with van der Waals surface area (Å²) in [7, 11) is 0. The van der Waals surface area contributed by atoms with E-state index in [1.807, 2.05) is 0 Å². The van der Waals surface area contributed by atoms with Crippen LogP contribution in [0.2, 0.25) is 0 Å². The van der Waals surface area contributed by atoms with Gasteiger partial charge < -0.3 is 4.90 Å². The molecule has 1 heterocycles. The number of allylic oxidation sites excluding steroid dienone is 2. The molecule has 0 atom stereocenters. The van der Waals surface area contributed by atoms with Gasteiger partial charge in [-0.3, -0.25) is 0 Å². The molecular weight excluding hydrogens is 202 g/mol. The topological polar surface area (TPSA) is 3.24 Å². The van der Waals surface area contributed by atoms with Gasteiger partial charge >= 0.3 is 0 Å². The van der Waals surface area contributed by atoms with E-state index in [4.69, 9.17) is 0 Å². The Morgan fingerprint density at radius 1 is 1.64 bits per heavy atom. The predicted molar refractivity (Wildman–Crippen MR) is 52.6 cm³/mol. The van der Waals surface area contributed by atoms with Crippen LogP contribution in [0.5, 0.6) is 0 Å². The van der Waals surface area contributed by atoms with Crippen LogP contribution >= 0.6 is 15.9 Å². The molecule has 1 aliphatic heterocycles. The van der Waals surface area contributed by atoms with Gasteiger partial charge in [-0.15, -0.1) is 0 Å². The second kappa shape index (κ2) is 3.96. The summed E-state index contributed by atoms with van der Waals surface area (Å²) in [6, 6.07) is 0. The Hall–Kier alpha value is -0.240. The maximum Gasteiger partial charge on any atom is 0.0357 e. The molecule has 62 valence electrons. The zero-order valence-electron chi connectivity index (χ0n) is 7.05. The van der Waals surface area contributed by atoms with Crippen molar-refractivity contribution in [3.05, 3.63) is 22.8 Å². The van der Waals surface area contributed by atoms with Crippen LogP contribution in [0.15, 0.2) is 22.8 Å². The maximum absolute atomic E-state index is 3.45. The highest BCUT2D eigenvalue weighted by molar-refractivity contribution is 9.11. The van der Waals surface area contributed by atoms with Crippen molar-refractivity contribution in [3.8, 4) is 0 Å². The summed E-state index contributed by atoms with van der Waals surface area (Å²) in [5.41, 5.74) is 0. The second-order valence-corrected chi connectivity index (χ2v) is 4.18. The minimum Gasteiger partial charge on any atom is -0.372 e. The zero-order chi connectivity index (χ0) is 8.27. The lowest BCUT2D eigenvalue weighted by molar-refractivity contribution is 0.357. The van der Waals surface area contributed by atoms with Gasteiger partial charge in [0.05, 0.1) is 0 Å². The van der Waals surface area contributed by atoms with Crippen LogP contribution in [0, 0.1) is 5.92 Å². The summed E-state index contributed by atoms with van der Waals surface area (Å²) < 4.78 is 1.17. The first kappa shape index (κ1) is 8.85. The molecule has 0 aromatic carbocycles. The van der Waals surface area contributed by atoms with Crippen molar-refractivity contribution in [1.29, 1.82) is 0 Å². The number of hydrogen-bond acceptors (Lipinski definition) is 1. The van der Waals surface area contributed by atoms with Crippen LogP contribution < -0.4 is 0 Å². The van der Waals surface area contributed by atoms with Crippen molar-refractivity contribution in [3.63, 3.8) is 0 Å². The van der Waals surface area contributed by atoms with E-state index < -0.39 is 0 Å². The molecule has 0 unspecified atom stereocenters. The lowest BCUT2D eigenvalue weighted by atomic mass is 10.2. The number of hydrogen-bond donors (Lipinski definition) is 0. The monoisotopic (exact) mass is 215 g/mol. The Labute approximate surface area is 76.9 Å². The third-order valence-electron chi connectivity index (χ3n) is 1.52. The Kier molecular flexibility index (Phi) is 3.18. The fraction of sp³-hybridized carbons (Fsp3) is 0.556. The van der Waals surface area contributed by atoms with E-state index in [9.17, 15) is 0 Å². The molecule has 0 fully saturated rings. The first-order chi connectivity index (χ1) is 5.18. The smallest absolute Gasteiger partial charge is 0.0357 e. The summed E-state index contributed by atoms with van der Waals surface area (Å²) in [4.78, 5) is 2.31. The van der Waals surface area contributed by atoms with Crippen LogP contribution in [0.25, 0.3) is 0 Å². The van der Waals surface area contributed by atoms with Gasteiger partial charge in [0, 0.05) is 23.8 Å². The van der Waals surface area contributed by atoms with Crippen LogP contribution in [0.1, 0.15) is 13.8 Å². The summed E-state index contributed by atoms with van der Waals surface area (Å²) in [5.74, 6) is 0.734. The van der Waals surface area contributed by atoms with Crippen LogP contribution in [-0.4, -0.2) is 18.0 Å². The van der Waals surface area contributed by atoms with Crippen LogP contribution in [0.4, 0.5) is 0 Å². The number of rotatable bonds is 2. The molecule has 0 aromatic rings. The molecule has 0 amide bonds. The van der Waals surface area contributed by atoms with Gasteiger partial charge in [-0.05, 0) is 27.9 Å². The molecule has 2 heteroatoms. The third-order valence-corrected chi connectivity index (χ3v) is 1.99. The molecule has 1 aliphatic rings. The molecule has 0 aromatic heterocycles. The van der Waals surface area contributed by atoms with E-state index in [0.29, 0.717) is 0 Å². The molecule has 1 rings (SSSR count). The van der Waals surface area contributed by atoms with Crippen LogP contribution in [0.3, 0.4) is 0 Å². The first-order valence-corrected chi connectivity index (χ1v) is 4.75.